The van der Waals surface area contributed by atoms with Crippen LogP contribution in [0.1, 0.15) is 12.8 Å². The van der Waals surface area contributed by atoms with Crippen molar-refractivity contribution in [1.82, 2.24) is 15.0 Å². The number of anilines is 4. The number of carbonyl (C=O) groups is 4. The fourth-order valence-electron chi connectivity index (χ4n) is 5.38. The van der Waals surface area contributed by atoms with E-state index in [4.69, 9.17) is 18.9 Å². The predicted molar refractivity (Wildman–Crippen MR) is 248 cm³/mol. The summed E-state index contributed by atoms with van der Waals surface area (Å²) in [4.78, 5) is 61.5. The molecule has 23 heteroatoms. The zero-order valence-electron chi connectivity index (χ0n) is 35.3. The summed E-state index contributed by atoms with van der Waals surface area (Å²) in [5.41, 5.74) is 0.349. The fourth-order valence-corrected chi connectivity index (χ4v) is 8.83. The van der Waals surface area contributed by atoms with E-state index in [9.17, 15) is 36.4 Å². The van der Waals surface area contributed by atoms with Crippen molar-refractivity contribution in [3.63, 3.8) is 0 Å². The Labute approximate surface area is 393 Å². The van der Waals surface area contributed by atoms with E-state index in [1.807, 2.05) is 18.2 Å². The summed E-state index contributed by atoms with van der Waals surface area (Å²) in [5, 5.41) is 11.3. The SMILES string of the molecule is COc1ccccc1Oc1cc(F)ccc1NC(=O)CC(=O)Nc1ncc(S(C)(=O)=O)s1.COc1ccccc1Oc1cc(F)ccc1NC(=O)CC(=O)Nc1ncc(Sc2ccccn2)s1. The van der Waals surface area contributed by atoms with Gasteiger partial charge >= 0.3 is 0 Å². The molecular formula is C44H37F2N7O10S4. The lowest BCUT2D eigenvalue weighted by Crippen LogP contribution is -2.21. The number of ether oxygens (including phenoxy) is 4. The van der Waals surface area contributed by atoms with Gasteiger partial charge in [-0.05, 0) is 60.7 Å². The van der Waals surface area contributed by atoms with Crippen LogP contribution < -0.4 is 40.2 Å². The standard InChI is InChI=1S/C24H19FN4O4S2.C20H18FN3O6S2/c1-32-17-6-2-3-7-18(17)33-19-12-15(25)9-10-16(19)28-20(30)13-21(31)29-24-27-14-23(35-24)34-22-8-4-5-11-26-22;1-29-14-5-3-4-6-15(14)30-16-9-12(21)7-8-13(16)23-17(25)10-18(26)24-20-22-11-19(31-20)32(2,27)28/h2-12,14H,13H2,1H3,(H,28,30)(H,27,29,31);3-9,11H,10H2,1-2H3,(H,23,25)(H,22,24,26). The van der Waals surface area contributed by atoms with E-state index in [0.29, 0.717) is 28.1 Å². The van der Waals surface area contributed by atoms with Gasteiger partial charge in [0.15, 0.2) is 54.6 Å². The number of amides is 4. The largest absolute Gasteiger partial charge is 0.493 e. The van der Waals surface area contributed by atoms with E-state index in [0.717, 1.165) is 51.2 Å². The second-order valence-electron chi connectivity index (χ2n) is 13.3. The first-order valence-electron chi connectivity index (χ1n) is 19.3. The van der Waals surface area contributed by atoms with Crippen LogP contribution in [0.4, 0.5) is 30.4 Å². The molecule has 0 spiro atoms. The zero-order valence-corrected chi connectivity index (χ0v) is 38.5. The van der Waals surface area contributed by atoms with Crippen LogP contribution in [-0.2, 0) is 29.0 Å². The molecule has 7 rings (SSSR count). The molecule has 0 aliphatic rings. The first-order chi connectivity index (χ1) is 32.1. The second-order valence-corrected chi connectivity index (χ2v) is 19.0. The maximum Gasteiger partial charge on any atom is 0.235 e. The lowest BCUT2D eigenvalue weighted by molar-refractivity contribution is -0.125. The first-order valence-corrected chi connectivity index (χ1v) is 23.6. The minimum absolute atomic E-state index is 0.0123. The molecule has 3 aromatic heterocycles. The Balaban J connectivity index is 0.000000222. The summed E-state index contributed by atoms with van der Waals surface area (Å²) in [5.74, 6) is -2.09. The van der Waals surface area contributed by atoms with Gasteiger partial charge in [0.05, 0.1) is 42.2 Å². The average molecular weight is 990 g/mol. The van der Waals surface area contributed by atoms with Gasteiger partial charge in [0.1, 0.15) is 33.7 Å². The lowest BCUT2D eigenvalue weighted by atomic mass is 10.2. The number of aromatic nitrogens is 3. The number of hydrogen-bond donors (Lipinski definition) is 4. The summed E-state index contributed by atoms with van der Waals surface area (Å²) in [6.07, 6.45) is 4.41. The van der Waals surface area contributed by atoms with Gasteiger partial charge in [-0.15, -0.1) is 0 Å². The van der Waals surface area contributed by atoms with Crippen molar-refractivity contribution in [2.24, 2.45) is 0 Å². The lowest BCUT2D eigenvalue weighted by Gasteiger charge is -2.14. The Kier molecular flexibility index (Phi) is 16.9. The smallest absolute Gasteiger partial charge is 0.235 e. The minimum Gasteiger partial charge on any atom is -0.493 e. The third-order valence-electron chi connectivity index (χ3n) is 8.33. The first kappa shape index (κ1) is 49.0. The molecular weight excluding hydrogens is 953 g/mol. The third kappa shape index (κ3) is 14.8. The molecule has 346 valence electrons. The average Bonchev–Trinajstić information content (AvgIpc) is 3.96. The van der Waals surface area contributed by atoms with Gasteiger partial charge in [-0.25, -0.2) is 32.2 Å². The highest BCUT2D eigenvalue weighted by Crippen LogP contribution is 2.37. The highest BCUT2D eigenvalue weighted by Gasteiger charge is 2.19. The van der Waals surface area contributed by atoms with E-state index >= 15 is 0 Å². The zero-order chi connectivity index (χ0) is 47.9. The summed E-state index contributed by atoms with van der Waals surface area (Å²) in [6, 6.07) is 26.3. The number of carbonyl (C=O) groups excluding carboxylic acids is 4. The molecule has 0 aliphatic heterocycles. The number of rotatable bonds is 17. The molecule has 0 aliphatic carbocycles. The highest BCUT2D eigenvalue weighted by atomic mass is 32.2. The predicted octanol–water partition coefficient (Wildman–Crippen LogP) is 9.05. The van der Waals surface area contributed by atoms with Crippen LogP contribution >= 0.6 is 34.4 Å². The number of nitrogens with one attached hydrogen (secondary N) is 4. The Hall–Kier alpha value is -7.47. The maximum atomic E-state index is 13.9. The molecule has 0 saturated heterocycles. The van der Waals surface area contributed by atoms with Crippen molar-refractivity contribution in [3.8, 4) is 34.5 Å². The number of hydrogen-bond acceptors (Lipinski definition) is 16. The number of nitrogens with zero attached hydrogens (tertiary/aromatic N) is 3. The van der Waals surface area contributed by atoms with Gasteiger partial charge in [0.25, 0.3) is 0 Å². The van der Waals surface area contributed by atoms with Crippen LogP contribution in [0.25, 0.3) is 0 Å². The number of para-hydroxylation sites is 4. The van der Waals surface area contributed by atoms with Crippen molar-refractivity contribution in [2.75, 3.05) is 41.7 Å². The number of benzene rings is 4. The maximum absolute atomic E-state index is 13.9. The summed E-state index contributed by atoms with van der Waals surface area (Å²) in [7, 11) is -0.510. The summed E-state index contributed by atoms with van der Waals surface area (Å²) in [6.45, 7) is 0. The number of pyridine rings is 1. The van der Waals surface area contributed by atoms with Gasteiger partial charge in [0.2, 0.25) is 23.6 Å². The van der Waals surface area contributed by atoms with Gasteiger partial charge in [0, 0.05) is 24.6 Å². The molecule has 4 aromatic carbocycles. The normalized spacial score (nSPS) is 10.7. The van der Waals surface area contributed by atoms with Crippen LogP contribution in [0.15, 0.2) is 135 Å². The minimum atomic E-state index is -3.45. The number of sulfone groups is 1. The van der Waals surface area contributed by atoms with Crippen LogP contribution in [0, 0.1) is 11.6 Å². The summed E-state index contributed by atoms with van der Waals surface area (Å²) < 4.78 is 73.4. The molecule has 67 heavy (non-hydrogen) atoms. The van der Waals surface area contributed by atoms with Crippen LogP contribution in [0.5, 0.6) is 34.5 Å². The molecule has 4 amide bonds. The van der Waals surface area contributed by atoms with Crippen molar-refractivity contribution in [1.29, 1.82) is 0 Å². The molecule has 0 radical (unpaired) electrons. The Morgan fingerprint density at radius 3 is 1.51 bits per heavy atom. The number of methoxy groups -OCH3 is 2. The van der Waals surface area contributed by atoms with Gasteiger partial charge in [-0.2, -0.15) is 0 Å². The van der Waals surface area contributed by atoms with E-state index < -0.39 is 57.9 Å². The molecule has 4 N–H and O–H groups in total. The van der Waals surface area contributed by atoms with E-state index in [1.54, 1.807) is 60.9 Å². The molecule has 0 fully saturated rings. The van der Waals surface area contributed by atoms with Crippen molar-refractivity contribution in [3.05, 3.63) is 133 Å². The molecule has 0 atom stereocenters. The van der Waals surface area contributed by atoms with E-state index in [1.165, 1.54) is 55.5 Å². The molecule has 0 saturated carbocycles. The molecule has 0 bridgehead atoms. The van der Waals surface area contributed by atoms with Crippen LogP contribution in [0.3, 0.4) is 0 Å². The van der Waals surface area contributed by atoms with Crippen LogP contribution in [0.2, 0.25) is 0 Å². The number of halogens is 2. The van der Waals surface area contributed by atoms with E-state index in [-0.39, 0.29) is 32.2 Å². The molecule has 17 nitrogen and oxygen atoms in total. The van der Waals surface area contributed by atoms with Crippen molar-refractivity contribution >= 4 is 89.5 Å². The van der Waals surface area contributed by atoms with Gasteiger partial charge < -0.3 is 40.2 Å². The fraction of sp³-hybridized carbons (Fsp3) is 0.114. The monoisotopic (exact) mass is 989 g/mol. The second kappa shape index (κ2) is 23.1. The molecule has 3 heterocycles. The quantitative estimate of drug-likeness (QED) is 0.0625. The van der Waals surface area contributed by atoms with Gasteiger partial charge in [-0.3, -0.25) is 19.2 Å². The molecule has 7 aromatic rings. The molecule has 0 unspecified atom stereocenters. The Bertz CT molecular complexity index is 2990. The highest BCUT2D eigenvalue weighted by molar-refractivity contribution is 8.01. The Morgan fingerprint density at radius 1 is 0.582 bits per heavy atom. The van der Waals surface area contributed by atoms with Crippen molar-refractivity contribution < 1.29 is 55.3 Å². The summed E-state index contributed by atoms with van der Waals surface area (Å²) >= 11 is 3.46. The van der Waals surface area contributed by atoms with Crippen molar-refractivity contribution in [2.45, 2.75) is 26.3 Å². The van der Waals surface area contributed by atoms with E-state index in [2.05, 4.69) is 36.2 Å². The Morgan fingerprint density at radius 2 is 1.04 bits per heavy atom. The topological polar surface area (TPSA) is 226 Å². The van der Waals surface area contributed by atoms with Crippen LogP contribution in [-0.4, -0.2) is 67.5 Å². The van der Waals surface area contributed by atoms with Gasteiger partial charge in [-0.1, -0.05) is 64.8 Å². The third-order valence-corrected chi connectivity index (χ3v) is 13.0. The number of thiazole rings is 2.